The minimum absolute atomic E-state index is 0.0759. The van der Waals surface area contributed by atoms with Crippen LogP contribution in [0, 0.1) is 11.7 Å². The molecule has 4 fully saturated rings. The molecular formula is C29H31F4N3O4S. The third-order valence-electron chi connectivity index (χ3n) is 9.39. The topological polar surface area (TPSA) is 88.7 Å². The van der Waals surface area contributed by atoms with E-state index in [1.54, 1.807) is 0 Å². The van der Waals surface area contributed by atoms with Gasteiger partial charge in [-0.25, -0.2) is 14.2 Å². The summed E-state index contributed by atoms with van der Waals surface area (Å²) < 4.78 is 69.0. The molecule has 12 heteroatoms. The maximum absolute atomic E-state index is 14.6. The predicted octanol–water partition coefficient (Wildman–Crippen LogP) is 7.55. The van der Waals surface area contributed by atoms with Crippen LogP contribution >= 0.6 is 11.3 Å². The van der Waals surface area contributed by atoms with Crippen LogP contribution in [0.15, 0.2) is 16.7 Å². The van der Waals surface area contributed by atoms with E-state index in [0.29, 0.717) is 34.1 Å². The number of carboxylic acids is 1. The first-order valence-corrected chi connectivity index (χ1v) is 15.3. The van der Waals surface area contributed by atoms with Gasteiger partial charge in [-0.05, 0) is 63.5 Å². The molecule has 4 heterocycles. The second-order valence-electron chi connectivity index (χ2n) is 12.0. The predicted molar refractivity (Wildman–Crippen MR) is 143 cm³/mol. The molecule has 4 aliphatic rings. The fourth-order valence-electron chi connectivity index (χ4n) is 7.28. The maximum atomic E-state index is 14.6. The molecule has 0 spiro atoms. The number of alkyl halides is 3. The van der Waals surface area contributed by atoms with Gasteiger partial charge >= 0.3 is 12.1 Å². The fourth-order valence-corrected chi connectivity index (χ4v) is 8.44. The minimum Gasteiger partial charge on any atom is -0.478 e. The molecule has 2 saturated heterocycles. The first-order chi connectivity index (χ1) is 19.7. The zero-order valence-electron chi connectivity index (χ0n) is 22.3. The summed E-state index contributed by atoms with van der Waals surface area (Å²) in [6, 6.07) is 2.74. The van der Waals surface area contributed by atoms with Crippen LogP contribution in [0.1, 0.15) is 103 Å². The highest BCUT2D eigenvalue weighted by Crippen LogP contribution is 2.50. The van der Waals surface area contributed by atoms with Gasteiger partial charge in [0.15, 0.2) is 10.9 Å². The zero-order chi connectivity index (χ0) is 28.5. The highest BCUT2D eigenvalue weighted by molar-refractivity contribution is 7.22. The Morgan fingerprint density at radius 3 is 2.51 bits per heavy atom. The van der Waals surface area contributed by atoms with Gasteiger partial charge in [-0.2, -0.15) is 13.2 Å². The Morgan fingerprint density at radius 2 is 1.83 bits per heavy atom. The summed E-state index contributed by atoms with van der Waals surface area (Å²) >= 11 is 1.30. The van der Waals surface area contributed by atoms with Crippen LogP contribution in [0.4, 0.5) is 22.7 Å². The Bertz CT molecular complexity index is 1450. The summed E-state index contributed by atoms with van der Waals surface area (Å²) in [5.74, 6) is -3.02. The second-order valence-corrected chi connectivity index (χ2v) is 13.0. The Balaban J connectivity index is 1.08. The number of anilines is 1. The van der Waals surface area contributed by atoms with Gasteiger partial charge in [0, 0.05) is 29.5 Å². The number of fused-ring (bicyclic) bond motifs is 3. The molecule has 0 radical (unpaired) electrons. The maximum Gasteiger partial charge on any atom is 0.392 e. The molecule has 2 bridgehead atoms. The lowest BCUT2D eigenvalue weighted by Crippen LogP contribution is -2.45. The van der Waals surface area contributed by atoms with Crippen LogP contribution in [-0.4, -0.2) is 45.6 Å². The lowest BCUT2D eigenvalue weighted by molar-refractivity contribution is -0.187. The van der Waals surface area contributed by atoms with E-state index in [4.69, 9.17) is 9.26 Å². The van der Waals surface area contributed by atoms with E-state index >= 15 is 0 Å². The summed E-state index contributed by atoms with van der Waals surface area (Å²) in [7, 11) is 0. The number of hydrogen-bond donors (Lipinski definition) is 1. The molecule has 2 aliphatic heterocycles. The number of nitrogens with zero attached hydrogens (tertiary/aromatic N) is 3. The smallest absolute Gasteiger partial charge is 0.392 e. The van der Waals surface area contributed by atoms with E-state index in [9.17, 15) is 27.5 Å². The van der Waals surface area contributed by atoms with Gasteiger partial charge in [-0.15, -0.1) is 0 Å². The van der Waals surface area contributed by atoms with Crippen molar-refractivity contribution in [2.75, 3.05) is 4.90 Å². The van der Waals surface area contributed by atoms with Crippen molar-refractivity contribution in [2.24, 2.45) is 5.92 Å². The van der Waals surface area contributed by atoms with Crippen molar-refractivity contribution in [1.29, 1.82) is 0 Å². The summed E-state index contributed by atoms with van der Waals surface area (Å²) in [5.41, 5.74) is 1.24. The summed E-state index contributed by atoms with van der Waals surface area (Å²) in [5, 5.41) is 14.2. The molecule has 1 N–H and O–H groups in total. The molecule has 2 saturated carbocycles. The average Bonchev–Trinajstić information content (AvgIpc) is 3.44. The number of halogens is 4. The molecule has 1 aromatic carbocycles. The highest BCUT2D eigenvalue weighted by Gasteiger charge is 2.49. The van der Waals surface area contributed by atoms with Gasteiger partial charge < -0.3 is 19.3 Å². The second kappa shape index (κ2) is 10.2. The molecule has 0 amide bonds. The normalized spacial score (nSPS) is 28.5. The molecule has 7 nitrogen and oxygen atoms in total. The van der Waals surface area contributed by atoms with E-state index in [2.05, 4.69) is 15.0 Å². The number of rotatable bonds is 7. The van der Waals surface area contributed by atoms with Crippen LogP contribution in [-0.2, 0) is 11.3 Å². The van der Waals surface area contributed by atoms with Crippen LogP contribution < -0.4 is 4.90 Å². The van der Waals surface area contributed by atoms with Crippen molar-refractivity contribution in [1.82, 2.24) is 10.1 Å². The quantitative estimate of drug-likeness (QED) is 0.283. The van der Waals surface area contributed by atoms with E-state index in [1.807, 2.05) is 0 Å². The van der Waals surface area contributed by atoms with Gasteiger partial charge in [-0.3, -0.25) is 0 Å². The summed E-state index contributed by atoms with van der Waals surface area (Å²) in [4.78, 5) is 18.1. The largest absolute Gasteiger partial charge is 0.478 e. The first kappa shape index (κ1) is 27.1. The zero-order valence-corrected chi connectivity index (χ0v) is 23.1. The standard InChI is InChI=1S/C29H31F4N3O4S/c30-22-9-15(27(37)38)10-23-25(22)34-28(41-23)36-16-7-8-17(36)12-18(11-16)39-13-20-24(35-40-26(20)14-5-6-14)19-3-1-2-4-21(19)29(31,32)33/h9-10,14,16-19,21H,1-8,11-13H2,(H,37,38)/t16?,17?,18?,19-,21-/m0/s1. The third kappa shape index (κ3) is 5.00. The number of ether oxygens (including phenoxy) is 1. The Hall–Kier alpha value is -2.73. The summed E-state index contributed by atoms with van der Waals surface area (Å²) in [6.07, 6.45) is 2.77. The molecule has 2 unspecified atom stereocenters. The van der Waals surface area contributed by atoms with Gasteiger partial charge in [0.25, 0.3) is 0 Å². The average molecular weight is 594 g/mol. The highest BCUT2D eigenvalue weighted by atomic mass is 32.1. The van der Waals surface area contributed by atoms with Crippen LogP contribution in [0.2, 0.25) is 0 Å². The molecule has 41 heavy (non-hydrogen) atoms. The number of thiazole rings is 1. The van der Waals surface area contributed by atoms with Crippen molar-refractivity contribution >= 4 is 32.7 Å². The van der Waals surface area contributed by atoms with Crippen molar-refractivity contribution in [2.45, 2.75) is 107 Å². The number of benzene rings is 1. The number of carbonyl (C=O) groups is 1. The molecule has 2 aliphatic carbocycles. The van der Waals surface area contributed by atoms with Gasteiger partial charge in [0.1, 0.15) is 11.3 Å². The van der Waals surface area contributed by atoms with Crippen molar-refractivity contribution in [3.8, 4) is 0 Å². The SMILES string of the molecule is O=C(O)c1cc(F)c2nc(N3C4CCC3CC(OCc3c([C@H]5CCCC[C@@H]5C(F)(F)F)noc3C3CC3)C4)sc2c1. The fraction of sp³-hybridized carbons (Fsp3) is 0.621. The Labute approximate surface area is 237 Å². The van der Waals surface area contributed by atoms with Gasteiger partial charge in [-0.1, -0.05) is 29.3 Å². The van der Waals surface area contributed by atoms with Gasteiger partial charge in [0.05, 0.1) is 34.6 Å². The summed E-state index contributed by atoms with van der Waals surface area (Å²) in [6.45, 7) is 0.195. The van der Waals surface area contributed by atoms with E-state index < -0.39 is 29.8 Å². The lowest BCUT2D eigenvalue weighted by atomic mass is 9.76. The number of aromatic carboxylic acids is 1. The van der Waals surface area contributed by atoms with Crippen molar-refractivity contribution in [3.63, 3.8) is 0 Å². The first-order valence-electron chi connectivity index (χ1n) is 14.5. The molecule has 7 rings (SSSR count). The third-order valence-corrected chi connectivity index (χ3v) is 10.4. The van der Waals surface area contributed by atoms with Crippen LogP contribution in [0.25, 0.3) is 10.2 Å². The number of aromatic nitrogens is 2. The molecule has 3 aromatic rings. The molecular weight excluding hydrogens is 562 g/mol. The van der Waals surface area contributed by atoms with E-state index in [-0.39, 0.29) is 48.2 Å². The molecule has 4 atom stereocenters. The monoisotopic (exact) mass is 593 g/mol. The number of carboxylic acid groups (broad SMARTS) is 1. The lowest BCUT2D eigenvalue weighted by Gasteiger charge is -2.38. The molecule has 2 aromatic heterocycles. The Morgan fingerprint density at radius 1 is 1.10 bits per heavy atom. The van der Waals surface area contributed by atoms with Crippen molar-refractivity contribution < 1.29 is 36.7 Å². The van der Waals surface area contributed by atoms with Crippen LogP contribution in [0.3, 0.4) is 0 Å². The number of hydrogen-bond acceptors (Lipinski definition) is 7. The van der Waals surface area contributed by atoms with Gasteiger partial charge in [0.2, 0.25) is 0 Å². The van der Waals surface area contributed by atoms with E-state index in [1.165, 1.54) is 17.4 Å². The van der Waals surface area contributed by atoms with Crippen molar-refractivity contribution in [3.05, 3.63) is 40.5 Å². The van der Waals surface area contributed by atoms with Crippen LogP contribution in [0.5, 0.6) is 0 Å². The number of piperidine rings is 1. The van der Waals surface area contributed by atoms with E-state index in [0.717, 1.165) is 56.6 Å². The Kier molecular flexibility index (Phi) is 6.76. The molecule has 220 valence electrons. The minimum atomic E-state index is -4.27.